The Morgan fingerprint density at radius 3 is 2.96 bits per heavy atom. The van der Waals surface area contributed by atoms with Gasteiger partial charge in [0, 0.05) is 25.6 Å². The monoisotopic (exact) mass is 349 g/mol. The molecule has 0 radical (unpaired) electrons. The number of hydrogen-bond acceptors (Lipinski definition) is 5. The lowest BCUT2D eigenvalue weighted by Crippen LogP contribution is -2.31. The van der Waals surface area contributed by atoms with Crippen molar-refractivity contribution in [3.05, 3.63) is 28.9 Å². The van der Waals surface area contributed by atoms with Crippen LogP contribution in [-0.2, 0) is 11.3 Å². The Bertz CT molecular complexity index is 929. The zero-order chi connectivity index (χ0) is 16.0. The summed E-state index contributed by atoms with van der Waals surface area (Å²) < 4.78 is 7.46. The van der Waals surface area contributed by atoms with E-state index < -0.39 is 0 Å². The second-order valence-electron chi connectivity index (χ2n) is 5.84. The summed E-state index contributed by atoms with van der Waals surface area (Å²) in [6, 6.07) is 3.90. The number of nitrogens with one attached hydrogen (secondary N) is 1. The van der Waals surface area contributed by atoms with Crippen molar-refractivity contribution in [1.82, 2.24) is 19.5 Å². The van der Waals surface area contributed by atoms with Gasteiger partial charge in [-0.3, -0.25) is 4.57 Å². The number of aromatic amines is 1. The number of aromatic nitrogens is 4. The number of halogens is 1. The molecule has 1 N–H and O–H groups in total. The second kappa shape index (κ2) is 6.41. The lowest BCUT2D eigenvalue weighted by molar-refractivity contribution is 0.111. The Morgan fingerprint density at radius 2 is 2.25 bits per heavy atom. The molecule has 7 nitrogen and oxygen atoms in total. The number of imidazole rings is 1. The molecule has 24 heavy (non-hydrogen) atoms. The van der Waals surface area contributed by atoms with Crippen molar-refractivity contribution in [3.63, 3.8) is 0 Å². The number of aryl methyl sites for hydroxylation is 1. The van der Waals surface area contributed by atoms with E-state index in [2.05, 4.69) is 19.9 Å². The molecule has 1 aliphatic heterocycles. The Kier molecular flexibility index (Phi) is 4.47. The molecule has 3 heterocycles. The quantitative estimate of drug-likeness (QED) is 0.785. The molecule has 0 saturated carbocycles. The van der Waals surface area contributed by atoms with Gasteiger partial charge < -0.3 is 14.6 Å². The van der Waals surface area contributed by atoms with Crippen LogP contribution >= 0.6 is 12.4 Å². The van der Waals surface area contributed by atoms with Gasteiger partial charge in [0.15, 0.2) is 0 Å². The molecule has 1 aromatic carbocycles. The van der Waals surface area contributed by atoms with Crippen LogP contribution in [0, 0.1) is 0 Å². The molecule has 0 aliphatic carbocycles. The maximum Gasteiger partial charge on any atom is 0.326 e. The van der Waals surface area contributed by atoms with Crippen LogP contribution in [0.15, 0.2) is 23.3 Å². The van der Waals surface area contributed by atoms with Gasteiger partial charge >= 0.3 is 5.69 Å². The summed E-state index contributed by atoms with van der Waals surface area (Å²) in [5.41, 5.74) is 2.41. The fraction of sp³-hybridized carbons (Fsp3) is 0.438. The molecule has 1 aliphatic rings. The highest BCUT2D eigenvalue weighted by Crippen LogP contribution is 2.29. The summed E-state index contributed by atoms with van der Waals surface area (Å²) in [7, 11) is 1.99. The van der Waals surface area contributed by atoms with Crippen LogP contribution in [0.5, 0.6) is 0 Å². The first-order chi connectivity index (χ1) is 11.2. The largest absolute Gasteiger partial charge is 0.358 e. The molecular formula is C16H20ClN5O2. The van der Waals surface area contributed by atoms with Gasteiger partial charge in [-0.1, -0.05) is 0 Å². The third kappa shape index (κ3) is 2.53. The predicted octanol–water partition coefficient (Wildman–Crippen LogP) is 2.29. The molecule has 3 aromatic rings. The van der Waals surface area contributed by atoms with Gasteiger partial charge in [0.05, 0.1) is 16.6 Å². The minimum atomic E-state index is -0.0974. The molecule has 4 rings (SSSR count). The molecule has 1 saturated heterocycles. The maximum absolute atomic E-state index is 12.0. The second-order valence-corrected chi connectivity index (χ2v) is 5.84. The van der Waals surface area contributed by atoms with Gasteiger partial charge in [0.2, 0.25) is 0 Å². The Labute approximate surface area is 145 Å². The van der Waals surface area contributed by atoms with Crippen molar-refractivity contribution in [2.24, 2.45) is 0 Å². The van der Waals surface area contributed by atoms with Gasteiger partial charge in [0.1, 0.15) is 18.4 Å². The highest BCUT2D eigenvalue weighted by Gasteiger charge is 2.23. The fourth-order valence-electron chi connectivity index (χ4n) is 3.29. The fourth-order valence-corrected chi connectivity index (χ4v) is 3.29. The first-order valence-corrected chi connectivity index (χ1v) is 7.90. The minimum Gasteiger partial charge on any atom is -0.358 e. The van der Waals surface area contributed by atoms with Crippen LogP contribution in [0.1, 0.15) is 19.8 Å². The van der Waals surface area contributed by atoms with Crippen molar-refractivity contribution in [3.8, 4) is 0 Å². The first-order valence-electron chi connectivity index (χ1n) is 7.90. The highest BCUT2D eigenvalue weighted by atomic mass is 35.5. The van der Waals surface area contributed by atoms with Crippen molar-refractivity contribution >= 4 is 40.2 Å². The zero-order valence-electron chi connectivity index (χ0n) is 13.7. The molecule has 0 amide bonds. The van der Waals surface area contributed by atoms with E-state index in [1.165, 1.54) is 0 Å². The van der Waals surface area contributed by atoms with E-state index in [0.717, 1.165) is 47.2 Å². The van der Waals surface area contributed by atoms with Crippen molar-refractivity contribution in [2.75, 3.05) is 18.6 Å². The van der Waals surface area contributed by atoms with Crippen LogP contribution in [0.2, 0.25) is 0 Å². The SMILES string of the molecule is CCn1c(=O)[nH]c2cc3c(N(C)C4CCCO4)ncnc3cc21.Cl. The van der Waals surface area contributed by atoms with Crippen molar-refractivity contribution in [1.29, 1.82) is 0 Å². The molecule has 0 bridgehead atoms. The lowest BCUT2D eigenvalue weighted by Gasteiger charge is -2.25. The van der Waals surface area contributed by atoms with Gasteiger partial charge in [-0.15, -0.1) is 12.4 Å². The molecule has 1 atom stereocenters. The third-order valence-corrected chi connectivity index (χ3v) is 4.50. The summed E-state index contributed by atoms with van der Waals surface area (Å²) in [6.45, 7) is 3.36. The molecule has 8 heteroatoms. The number of nitrogens with zero attached hydrogens (tertiary/aromatic N) is 4. The number of rotatable bonds is 3. The Hall–Kier alpha value is -2.12. The summed E-state index contributed by atoms with van der Waals surface area (Å²) >= 11 is 0. The number of H-pyrrole nitrogens is 1. The number of anilines is 1. The van der Waals surface area contributed by atoms with Gasteiger partial charge in [-0.2, -0.15) is 0 Å². The summed E-state index contributed by atoms with van der Waals surface area (Å²) in [5, 5.41) is 0.919. The Balaban J connectivity index is 0.00000169. The summed E-state index contributed by atoms with van der Waals surface area (Å²) in [5.74, 6) is 0.828. The Morgan fingerprint density at radius 1 is 1.42 bits per heavy atom. The standard InChI is InChI=1S/C16H19N5O2.ClH/c1-3-21-13-8-11-10(7-12(13)19-16(21)22)15(18-9-17-11)20(2)14-5-4-6-23-14;/h7-9,14H,3-6H2,1-2H3,(H,19,22);1H. The van der Waals surface area contributed by atoms with Crippen molar-refractivity contribution < 1.29 is 4.74 Å². The first kappa shape index (κ1) is 16.7. The number of hydrogen-bond donors (Lipinski definition) is 1. The minimum absolute atomic E-state index is 0. The molecule has 128 valence electrons. The predicted molar refractivity (Wildman–Crippen MR) is 96.0 cm³/mol. The van der Waals surface area contributed by atoms with Crippen molar-refractivity contribution in [2.45, 2.75) is 32.5 Å². The average Bonchev–Trinajstić information content (AvgIpc) is 3.18. The van der Waals surface area contributed by atoms with Crippen LogP contribution in [0.4, 0.5) is 5.82 Å². The van der Waals surface area contributed by atoms with Gasteiger partial charge in [0.25, 0.3) is 0 Å². The maximum atomic E-state index is 12.0. The van der Waals surface area contributed by atoms with Crippen LogP contribution in [0.25, 0.3) is 21.9 Å². The van der Waals surface area contributed by atoms with E-state index in [1.807, 2.05) is 26.1 Å². The molecular weight excluding hydrogens is 330 g/mol. The molecule has 1 fully saturated rings. The van der Waals surface area contributed by atoms with Gasteiger partial charge in [-0.25, -0.2) is 14.8 Å². The molecule has 1 unspecified atom stereocenters. The normalized spacial score (nSPS) is 17.3. The number of fused-ring (bicyclic) bond motifs is 2. The number of benzene rings is 1. The summed E-state index contributed by atoms with van der Waals surface area (Å²) in [6.07, 6.45) is 3.67. The van der Waals surface area contributed by atoms with E-state index in [-0.39, 0.29) is 24.3 Å². The lowest BCUT2D eigenvalue weighted by atomic mass is 10.2. The van der Waals surface area contributed by atoms with E-state index in [1.54, 1.807) is 10.9 Å². The van der Waals surface area contributed by atoms with E-state index >= 15 is 0 Å². The van der Waals surface area contributed by atoms with Gasteiger partial charge in [-0.05, 0) is 31.9 Å². The highest BCUT2D eigenvalue weighted by molar-refractivity contribution is 5.98. The number of ether oxygens (including phenoxy) is 1. The smallest absolute Gasteiger partial charge is 0.326 e. The molecule has 2 aromatic heterocycles. The third-order valence-electron chi connectivity index (χ3n) is 4.50. The van der Waals surface area contributed by atoms with Crippen LogP contribution in [-0.4, -0.2) is 39.4 Å². The summed E-state index contributed by atoms with van der Waals surface area (Å²) in [4.78, 5) is 25.8. The van der Waals surface area contributed by atoms with E-state index in [0.29, 0.717) is 6.54 Å². The molecule has 0 spiro atoms. The van der Waals surface area contributed by atoms with E-state index in [9.17, 15) is 4.79 Å². The topological polar surface area (TPSA) is 76.0 Å². The average molecular weight is 350 g/mol. The zero-order valence-corrected chi connectivity index (χ0v) is 14.5. The van der Waals surface area contributed by atoms with E-state index in [4.69, 9.17) is 4.74 Å². The van der Waals surface area contributed by atoms with Crippen LogP contribution < -0.4 is 10.6 Å². The van der Waals surface area contributed by atoms with Crippen LogP contribution in [0.3, 0.4) is 0 Å².